The number of carbonyl (C=O) groups is 1. The number of rotatable bonds is 3. The average Bonchev–Trinajstić information content (AvgIpc) is 1.63. The van der Waals surface area contributed by atoms with Gasteiger partial charge in [-0.15, -0.1) is 13.2 Å². The van der Waals surface area contributed by atoms with Crippen LogP contribution in [0.5, 0.6) is 0 Å². The maximum atomic E-state index is 11.0. The number of halogens is 3. The summed E-state index contributed by atoms with van der Waals surface area (Å²) in [5.41, 5.74) is 0. The Bertz CT molecular complexity index is 88.8. The Hall–Kier alpha value is -0.780. The van der Waals surface area contributed by atoms with Crippen molar-refractivity contribution in [2.45, 2.75) is 6.36 Å². The molecule has 0 N–H and O–H groups in total. The molecular formula is C3H3F3O3. The van der Waals surface area contributed by atoms with Crippen LogP contribution in [0, 0.1) is 0 Å². The highest BCUT2D eigenvalue weighted by atomic mass is 19.4. The van der Waals surface area contributed by atoms with E-state index < -0.39 is 13.2 Å². The summed E-state index contributed by atoms with van der Waals surface area (Å²) in [7, 11) is 0. The Morgan fingerprint density at radius 3 is 2.33 bits per heavy atom. The minimum Gasteiger partial charge on any atom is -0.440 e. The third kappa shape index (κ3) is 7.22. The van der Waals surface area contributed by atoms with Gasteiger partial charge in [0, 0.05) is 0 Å². The van der Waals surface area contributed by atoms with Crippen molar-refractivity contribution < 1.29 is 27.4 Å². The van der Waals surface area contributed by atoms with E-state index in [1.165, 1.54) is 0 Å². The van der Waals surface area contributed by atoms with Gasteiger partial charge in [0.05, 0.1) is 0 Å². The predicted molar refractivity (Wildman–Crippen MR) is 19.2 cm³/mol. The normalized spacial score (nSPS) is 11.0. The van der Waals surface area contributed by atoms with Crippen LogP contribution in [0.2, 0.25) is 0 Å². The number of ether oxygens (including phenoxy) is 2. The standard InChI is InChI=1S/C3H3F3O3/c4-3(5,6)9-2-8-1-7/h1H,2H2. The first kappa shape index (κ1) is 8.22. The number of carbonyl (C=O) groups excluding carboxylic acids is 1. The van der Waals surface area contributed by atoms with Crippen molar-refractivity contribution in [3.63, 3.8) is 0 Å². The molecule has 0 aromatic heterocycles. The Balaban J connectivity index is 3.17. The zero-order valence-corrected chi connectivity index (χ0v) is 4.14. The summed E-state index contributed by atoms with van der Waals surface area (Å²) >= 11 is 0. The first-order valence-electron chi connectivity index (χ1n) is 1.82. The summed E-state index contributed by atoms with van der Waals surface area (Å²) < 4.78 is 39.5. The fourth-order valence-electron chi connectivity index (χ4n) is 0.129. The lowest BCUT2D eigenvalue weighted by molar-refractivity contribution is -0.344. The van der Waals surface area contributed by atoms with Gasteiger partial charge in [0.15, 0.2) is 0 Å². The maximum Gasteiger partial charge on any atom is 0.525 e. The summed E-state index contributed by atoms with van der Waals surface area (Å²) in [6, 6.07) is 0. The van der Waals surface area contributed by atoms with Crippen LogP contribution >= 0.6 is 0 Å². The molecule has 0 saturated heterocycles. The van der Waals surface area contributed by atoms with Gasteiger partial charge in [-0.05, 0) is 0 Å². The minimum atomic E-state index is -4.73. The molecular weight excluding hydrogens is 141 g/mol. The average molecular weight is 144 g/mol. The lowest BCUT2D eigenvalue weighted by Gasteiger charge is -2.03. The van der Waals surface area contributed by atoms with Crippen molar-refractivity contribution in [1.82, 2.24) is 0 Å². The van der Waals surface area contributed by atoms with Crippen molar-refractivity contribution >= 4 is 6.47 Å². The summed E-state index contributed by atoms with van der Waals surface area (Å²) in [5, 5.41) is 0. The largest absolute Gasteiger partial charge is 0.525 e. The molecule has 0 aromatic carbocycles. The van der Waals surface area contributed by atoms with Crippen LogP contribution in [0.15, 0.2) is 0 Å². The first-order chi connectivity index (χ1) is 4.06. The van der Waals surface area contributed by atoms with Crippen LogP contribution < -0.4 is 0 Å². The van der Waals surface area contributed by atoms with Gasteiger partial charge in [-0.2, -0.15) is 0 Å². The van der Waals surface area contributed by atoms with E-state index in [-0.39, 0.29) is 6.47 Å². The molecule has 0 amide bonds. The SMILES string of the molecule is O=COCOC(F)(F)F. The third-order valence-electron chi connectivity index (χ3n) is 0.359. The molecule has 0 heterocycles. The molecule has 6 heteroatoms. The lowest BCUT2D eigenvalue weighted by Crippen LogP contribution is -2.15. The smallest absolute Gasteiger partial charge is 0.440 e. The van der Waals surface area contributed by atoms with E-state index in [0.29, 0.717) is 0 Å². The molecule has 0 fully saturated rings. The molecule has 0 aromatic rings. The molecule has 3 nitrogen and oxygen atoms in total. The molecule has 0 rings (SSSR count). The number of hydrogen-bond acceptors (Lipinski definition) is 3. The molecule has 0 aliphatic carbocycles. The van der Waals surface area contributed by atoms with Crippen molar-refractivity contribution in [3.05, 3.63) is 0 Å². The highest BCUT2D eigenvalue weighted by molar-refractivity contribution is 5.36. The van der Waals surface area contributed by atoms with Crippen LogP contribution in [0.4, 0.5) is 13.2 Å². The molecule has 0 aliphatic heterocycles. The Morgan fingerprint density at radius 1 is 1.44 bits per heavy atom. The van der Waals surface area contributed by atoms with Crippen LogP contribution in [0.3, 0.4) is 0 Å². The fraction of sp³-hybridized carbons (Fsp3) is 0.667. The third-order valence-corrected chi connectivity index (χ3v) is 0.359. The second kappa shape index (κ2) is 3.29. The van der Waals surface area contributed by atoms with Crippen molar-refractivity contribution in [2.75, 3.05) is 6.79 Å². The van der Waals surface area contributed by atoms with Gasteiger partial charge in [-0.1, -0.05) is 0 Å². The second-order valence-corrected chi connectivity index (χ2v) is 0.971. The van der Waals surface area contributed by atoms with Crippen molar-refractivity contribution in [3.8, 4) is 0 Å². The van der Waals surface area contributed by atoms with Crippen LogP contribution in [0.1, 0.15) is 0 Å². The van der Waals surface area contributed by atoms with Gasteiger partial charge in [0.2, 0.25) is 6.79 Å². The molecule has 9 heavy (non-hydrogen) atoms. The molecule has 54 valence electrons. The Kier molecular flexibility index (Phi) is 3.00. The highest BCUT2D eigenvalue weighted by Gasteiger charge is 2.29. The van der Waals surface area contributed by atoms with E-state index in [9.17, 15) is 18.0 Å². The van der Waals surface area contributed by atoms with Crippen molar-refractivity contribution in [2.24, 2.45) is 0 Å². The zero-order valence-electron chi connectivity index (χ0n) is 4.14. The lowest BCUT2D eigenvalue weighted by atomic mass is 11.2. The van der Waals surface area contributed by atoms with Crippen LogP contribution in [0.25, 0.3) is 0 Å². The second-order valence-electron chi connectivity index (χ2n) is 0.971. The molecule has 0 aliphatic rings. The van der Waals surface area contributed by atoms with Gasteiger partial charge in [0.1, 0.15) is 0 Å². The Labute approximate surface area is 48.4 Å². The topological polar surface area (TPSA) is 35.5 Å². The quantitative estimate of drug-likeness (QED) is 0.331. The Morgan fingerprint density at radius 2 is 2.00 bits per heavy atom. The minimum absolute atomic E-state index is 0.133. The summed E-state index contributed by atoms with van der Waals surface area (Å²) in [4.78, 5) is 9.22. The monoisotopic (exact) mass is 144 g/mol. The number of hydrogen-bond donors (Lipinski definition) is 0. The summed E-state index contributed by atoms with van der Waals surface area (Å²) in [6.07, 6.45) is -4.73. The van der Waals surface area contributed by atoms with E-state index in [1.54, 1.807) is 0 Å². The molecule has 0 saturated carbocycles. The van der Waals surface area contributed by atoms with E-state index in [2.05, 4.69) is 9.47 Å². The maximum absolute atomic E-state index is 11.0. The van der Waals surface area contributed by atoms with E-state index in [0.717, 1.165) is 0 Å². The molecule has 0 atom stereocenters. The highest BCUT2D eigenvalue weighted by Crippen LogP contribution is 2.15. The van der Waals surface area contributed by atoms with E-state index in [1.807, 2.05) is 0 Å². The number of alkyl halides is 3. The first-order valence-corrected chi connectivity index (χ1v) is 1.82. The fourth-order valence-corrected chi connectivity index (χ4v) is 0.129. The summed E-state index contributed by atoms with van der Waals surface area (Å²) in [6.45, 7) is -1.22. The molecule has 0 spiro atoms. The van der Waals surface area contributed by atoms with Gasteiger partial charge < -0.3 is 4.74 Å². The molecule has 0 unspecified atom stereocenters. The van der Waals surface area contributed by atoms with Gasteiger partial charge in [-0.25, -0.2) is 0 Å². The summed E-state index contributed by atoms with van der Waals surface area (Å²) in [5.74, 6) is 0. The van der Waals surface area contributed by atoms with Crippen molar-refractivity contribution in [1.29, 1.82) is 0 Å². The molecule has 0 bridgehead atoms. The zero-order chi connectivity index (χ0) is 7.33. The molecule has 0 radical (unpaired) electrons. The van der Waals surface area contributed by atoms with Gasteiger partial charge in [-0.3, -0.25) is 9.53 Å². The van der Waals surface area contributed by atoms with Crippen LogP contribution in [-0.4, -0.2) is 19.6 Å². The van der Waals surface area contributed by atoms with Gasteiger partial charge in [0.25, 0.3) is 6.47 Å². The van der Waals surface area contributed by atoms with Crippen LogP contribution in [-0.2, 0) is 14.3 Å². The van der Waals surface area contributed by atoms with E-state index in [4.69, 9.17) is 0 Å². The predicted octanol–water partition coefficient (Wildman–Crippen LogP) is 0.653. The van der Waals surface area contributed by atoms with E-state index >= 15 is 0 Å². The van der Waals surface area contributed by atoms with Gasteiger partial charge >= 0.3 is 6.36 Å².